The molecule has 294 valence electrons. The van der Waals surface area contributed by atoms with E-state index in [1.807, 2.05) is 13.8 Å². The van der Waals surface area contributed by atoms with Crippen LogP contribution in [-0.2, 0) is 9.53 Å². The number of hydrogen-bond donors (Lipinski definition) is 1. The van der Waals surface area contributed by atoms with E-state index in [1.165, 1.54) is 50.6 Å². The van der Waals surface area contributed by atoms with Crippen LogP contribution in [0, 0.1) is 13.8 Å². The van der Waals surface area contributed by atoms with Crippen LogP contribution < -0.4 is 28.4 Å². The fourth-order valence-electron chi connectivity index (χ4n) is 5.42. The van der Waals surface area contributed by atoms with E-state index in [1.54, 1.807) is 97.1 Å². The Balaban J connectivity index is 1.18. The lowest BCUT2D eigenvalue weighted by Crippen LogP contribution is -2.32. The van der Waals surface area contributed by atoms with Gasteiger partial charge in [-0.3, -0.25) is 9.59 Å². The van der Waals surface area contributed by atoms with Gasteiger partial charge in [0.05, 0.1) is 14.2 Å². The molecule has 0 saturated carbocycles. The van der Waals surface area contributed by atoms with Gasteiger partial charge in [-0.05, 0) is 98.8 Å². The highest BCUT2D eigenvalue weighted by atomic mass is 16.7. The van der Waals surface area contributed by atoms with Crippen LogP contribution in [0.25, 0.3) is 0 Å². The molecule has 6 rings (SSSR count). The number of ketones is 2. The molecular weight excluding hydrogens is 744 g/mol. The normalized spacial score (nSPS) is 11.1. The number of hydrogen-bond acceptors (Lipinski definition) is 12. The number of carbonyl (C=O) groups excluding carboxylic acids is 4. The minimum atomic E-state index is -2.00. The average Bonchev–Trinajstić information content (AvgIpc) is 3.24. The maximum atomic E-state index is 13.3. The molecule has 0 radical (unpaired) electrons. The largest absolute Gasteiger partial charge is 0.514 e. The second-order valence-corrected chi connectivity index (χ2v) is 12.9. The van der Waals surface area contributed by atoms with Gasteiger partial charge in [0, 0.05) is 22.3 Å². The maximum absolute atomic E-state index is 13.3. The minimum absolute atomic E-state index is 0.0518. The van der Waals surface area contributed by atoms with Crippen molar-refractivity contribution in [3.05, 3.63) is 167 Å². The Labute approximate surface area is 334 Å². The summed E-state index contributed by atoms with van der Waals surface area (Å²) in [5, 5.41) is 10.8. The first kappa shape index (κ1) is 40.2. The summed E-state index contributed by atoms with van der Waals surface area (Å²) in [7, 11) is 3.05. The van der Waals surface area contributed by atoms with Crippen LogP contribution in [0.2, 0.25) is 0 Å². The molecule has 0 amide bonds. The van der Waals surface area contributed by atoms with Gasteiger partial charge in [0.15, 0.2) is 40.7 Å². The molecule has 0 aromatic heterocycles. The number of rotatable bonds is 15. The molecule has 58 heavy (non-hydrogen) atoms. The Bertz CT molecular complexity index is 2400. The first-order chi connectivity index (χ1) is 28.0. The lowest BCUT2D eigenvalue weighted by Gasteiger charge is -2.16. The van der Waals surface area contributed by atoms with Crippen LogP contribution in [-0.4, -0.2) is 55.7 Å². The molecule has 0 heterocycles. The quantitative estimate of drug-likeness (QED) is 0.0458. The number of aryl methyl sites for hydroxylation is 2. The topological polar surface area (TPSA) is 153 Å². The standard InChI is InChI=1S/C46H38O12/c1-28-5-9-30(10-6-28)43(48)32-13-23-39(55-36-19-15-34(52-3)16-20-36)41(25-32)57-45(50)38(47)27-54-46(51)58-42-26-33(44(49)31-11-7-29(2)8-12-31)14-24-40(42)56-37-21-17-35(53-4)18-22-37/h5-26,38,47H,27H2,1-4H3. The summed E-state index contributed by atoms with van der Waals surface area (Å²) in [6.07, 6.45) is -3.32. The highest BCUT2D eigenvalue weighted by molar-refractivity contribution is 6.10. The minimum Gasteiger partial charge on any atom is -0.497 e. The molecule has 0 bridgehead atoms. The fraction of sp³-hybridized carbons (Fsp3) is 0.130. The number of esters is 1. The molecule has 12 nitrogen and oxygen atoms in total. The van der Waals surface area contributed by atoms with Crippen LogP contribution >= 0.6 is 0 Å². The average molecular weight is 783 g/mol. The third-order valence-electron chi connectivity index (χ3n) is 8.65. The van der Waals surface area contributed by atoms with Gasteiger partial charge in [0.1, 0.15) is 29.6 Å². The van der Waals surface area contributed by atoms with Gasteiger partial charge in [0.25, 0.3) is 0 Å². The zero-order valence-electron chi connectivity index (χ0n) is 31.9. The van der Waals surface area contributed by atoms with E-state index in [-0.39, 0.29) is 45.7 Å². The molecule has 0 saturated heterocycles. The number of aliphatic hydroxyl groups is 1. The SMILES string of the molecule is COc1ccc(Oc2ccc(C(=O)c3ccc(C)cc3)cc2OC(=O)OCC(O)C(=O)Oc2cc(C(=O)c3ccc(C)cc3)ccc2Oc2ccc(OC)cc2)cc1. The Morgan fingerprint density at radius 2 is 0.862 bits per heavy atom. The molecule has 12 heteroatoms. The third kappa shape index (κ3) is 10.2. The molecule has 6 aromatic carbocycles. The summed E-state index contributed by atoms with van der Waals surface area (Å²) in [6, 6.07) is 35.7. The lowest BCUT2D eigenvalue weighted by molar-refractivity contribution is -0.146. The number of benzene rings is 6. The molecule has 0 fully saturated rings. The summed E-state index contributed by atoms with van der Waals surface area (Å²) in [5.41, 5.74) is 3.13. The highest BCUT2D eigenvalue weighted by Crippen LogP contribution is 2.36. The van der Waals surface area contributed by atoms with Gasteiger partial charge in [-0.15, -0.1) is 0 Å². The van der Waals surface area contributed by atoms with Gasteiger partial charge in [-0.1, -0.05) is 59.7 Å². The van der Waals surface area contributed by atoms with Gasteiger partial charge < -0.3 is 38.3 Å². The van der Waals surface area contributed by atoms with Crippen molar-refractivity contribution in [3.63, 3.8) is 0 Å². The first-order valence-electron chi connectivity index (χ1n) is 17.9. The van der Waals surface area contributed by atoms with Crippen molar-refractivity contribution in [2.24, 2.45) is 0 Å². The van der Waals surface area contributed by atoms with Gasteiger partial charge in [-0.25, -0.2) is 9.59 Å². The number of methoxy groups -OCH3 is 2. The van der Waals surface area contributed by atoms with Crippen molar-refractivity contribution >= 4 is 23.7 Å². The molecule has 1 unspecified atom stereocenters. The number of carbonyl (C=O) groups is 4. The van der Waals surface area contributed by atoms with E-state index in [2.05, 4.69) is 0 Å². The molecular formula is C46H38O12. The Morgan fingerprint density at radius 3 is 1.28 bits per heavy atom. The smallest absolute Gasteiger partial charge is 0.497 e. The summed E-state index contributed by atoms with van der Waals surface area (Å²) < 4.78 is 38.4. The highest BCUT2D eigenvalue weighted by Gasteiger charge is 2.25. The summed E-state index contributed by atoms with van der Waals surface area (Å²) in [4.78, 5) is 52.9. The van der Waals surface area contributed by atoms with E-state index in [9.17, 15) is 24.3 Å². The van der Waals surface area contributed by atoms with Crippen LogP contribution in [0.1, 0.15) is 43.0 Å². The van der Waals surface area contributed by atoms with Crippen LogP contribution in [0.5, 0.6) is 46.0 Å². The summed E-state index contributed by atoms with van der Waals surface area (Å²) in [6.45, 7) is 2.91. The molecule has 0 aliphatic heterocycles. The Morgan fingerprint density at radius 1 is 0.483 bits per heavy atom. The summed E-state index contributed by atoms with van der Waals surface area (Å²) in [5.74, 6) is -0.243. The molecule has 6 aromatic rings. The second kappa shape index (κ2) is 18.5. The van der Waals surface area contributed by atoms with E-state index in [0.717, 1.165) is 11.1 Å². The summed E-state index contributed by atoms with van der Waals surface area (Å²) >= 11 is 0. The van der Waals surface area contributed by atoms with Crippen LogP contribution in [0.4, 0.5) is 4.79 Å². The Hall–Kier alpha value is -7.44. The van der Waals surface area contributed by atoms with E-state index in [4.69, 9.17) is 33.2 Å². The van der Waals surface area contributed by atoms with Crippen molar-refractivity contribution in [2.75, 3.05) is 20.8 Å². The van der Waals surface area contributed by atoms with Crippen molar-refractivity contribution in [3.8, 4) is 46.0 Å². The van der Waals surface area contributed by atoms with Gasteiger partial charge >= 0.3 is 12.1 Å². The van der Waals surface area contributed by atoms with E-state index < -0.39 is 24.8 Å². The molecule has 0 spiro atoms. The molecule has 0 aliphatic rings. The number of ether oxygens (including phenoxy) is 7. The number of aliphatic hydroxyl groups excluding tert-OH is 1. The zero-order valence-corrected chi connectivity index (χ0v) is 31.9. The molecule has 1 N–H and O–H groups in total. The van der Waals surface area contributed by atoms with Crippen LogP contribution in [0.15, 0.2) is 133 Å². The van der Waals surface area contributed by atoms with E-state index in [0.29, 0.717) is 34.1 Å². The monoisotopic (exact) mass is 782 g/mol. The van der Waals surface area contributed by atoms with Crippen molar-refractivity contribution in [1.29, 1.82) is 0 Å². The maximum Gasteiger partial charge on any atom is 0.514 e. The molecule has 0 aliphatic carbocycles. The predicted octanol–water partition coefficient (Wildman–Crippen LogP) is 8.85. The molecule has 1 atom stereocenters. The second-order valence-electron chi connectivity index (χ2n) is 12.9. The van der Waals surface area contributed by atoms with E-state index >= 15 is 0 Å². The van der Waals surface area contributed by atoms with Crippen LogP contribution in [0.3, 0.4) is 0 Å². The third-order valence-corrected chi connectivity index (χ3v) is 8.65. The first-order valence-corrected chi connectivity index (χ1v) is 17.9. The van der Waals surface area contributed by atoms with Crippen molar-refractivity contribution in [2.45, 2.75) is 20.0 Å². The Kier molecular flexibility index (Phi) is 12.8. The fourth-order valence-corrected chi connectivity index (χ4v) is 5.42. The van der Waals surface area contributed by atoms with Crippen molar-refractivity contribution in [1.82, 2.24) is 0 Å². The van der Waals surface area contributed by atoms with Gasteiger partial charge in [-0.2, -0.15) is 0 Å². The van der Waals surface area contributed by atoms with Gasteiger partial charge in [0.2, 0.25) is 0 Å². The van der Waals surface area contributed by atoms with Crippen molar-refractivity contribution < 1.29 is 57.4 Å². The lowest BCUT2D eigenvalue weighted by atomic mass is 10.0. The predicted molar refractivity (Wildman–Crippen MR) is 212 cm³/mol. The zero-order chi connectivity index (χ0) is 41.2.